The molecule has 7 nitrogen and oxygen atoms in total. The number of hydrogen-bond donors (Lipinski definition) is 3. The molecule has 0 unspecified atom stereocenters. The molecule has 0 saturated carbocycles. The maximum atomic E-state index is 12.2. The molecule has 0 aromatic heterocycles. The highest BCUT2D eigenvalue weighted by molar-refractivity contribution is 7.92. The number of hydrogen-bond acceptors (Lipinski definition) is 4. The highest BCUT2D eigenvalue weighted by Gasteiger charge is 2.14. The molecular formula is C17H19N3O4S. The fourth-order valence-electron chi connectivity index (χ4n) is 2.08. The molecule has 0 bridgehead atoms. The minimum Gasteiger partial charge on any atom is -0.350 e. The van der Waals surface area contributed by atoms with Gasteiger partial charge in [0.2, 0.25) is 15.9 Å². The Morgan fingerprint density at radius 2 is 1.56 bits per heavy atom. The molecule has 8 heteroatoms. The normalized spacial score (nSPS) is 10.8. The number of para-hydroxylation sites is 1. The summed E-state index contributed by atoms with van der Waals surface area (Å²) in [6, 6.07) is 15.6. The van der Waals surface area contributed by atoms with E-state index in [1.165, 1.54) is 12.1 Å². The summed E-state index contributed by atoms with van der Waals surface area (Å²) in [5, 5.41) is 5.17. The highest BCUT2D eigenvalue weighted by atomic mass is 32.2. The van der Waals surface area contributed by atoms with Gasteiger partial charge in [-0.05, 0) is 17.7 Å². The van der Waals surface area contributed by atoms with E-state index in [0.29, 0.717) is 6.54 Å². The van der Waals surface area contributed by atoms with Gasteiger partial charge in [0.15, 0.2) is 0 Å². The van der Waals surface area contributed by atoms with Crippen molar-refractivity contribution in [3.8, 4) is 0 Å². The SMILES string of the molecule is CS(=O)(=O)Nc1ccccc1C(=O)NCC(=O)NCc1ccccc1. The van der Waals surface area contributed by atoms with E-state index in [1.54, 1.807) is 12.1 Å². The van der Waals surface area contributed by atoms with Gasteiger partial charge in [-0.25, -0.2) is 8.42 Å². The van der Waals surface area contributed by atoms with E-state index < -0.39 is 15.9 Å². The van der Waals surface area contributed by atoms with E-state index in [4.69, 9.17) is 0 Å². The molecule has 2 rings (SSSR count). The first-order chi connectivity index (χ1) is 11.8. The average Bonchev–Trinajstić information content (AvgIpc) is 2.58. The molecule has 0 aliphatic heterocycles. The summed E-state index contributed by atoms with van der Waals surface area (Å²) in [5.74, 6) is -0.882. The lowest BCUT2D eigenvalue weighted by atomic mass is 10.1. The fraction of sp³-hybridized carbons (Fsp3) is 0.176. The van der Waals surface area contributed by atoms with Crippen molar-refractivity contribution in [1.82, 2.24) is 10.6 Å². The van der Waals surface area contributed by atoms with Crippen molar-refractivity contribution in [2.75, 3.05) is 17.5 Å². The van der Waals surface area contributed by atoms with Gasteiger partial charge in [0.05, 0.1) is 24.1 Å². The Kier molecular flexibility index (Phi) is 6.13. The number of sulfonamides is 1. The first-order valence-corrected chi connectivity index (χ1v) is 9.40. The largest absolute Gasteiger partial charge is 0.350 e. The van der Waals surface area contributed by atoms with Gasteiger partial charge in [-0.3, -0.25) is 14.3 Å². The van der Waals surface area contributed by atoms with E-state index in [2.05, 4.69) is 15.4 Å². The highest BCUT2D eigenvalue weighted by Crippen LogP contribution is 2.15. The molecular weight excluding hydrogens is 342 g/mol. The third-order valence-electron chi connectivity index (χ3n) is 3.21. The van der Waals surface area contributed by atoms with E-state index in [9.17, 15) is 18.0 Å². The smallest absolute Gasteiger partial charge is 0.253 e. The Hall–Kier alpha value is -2.87. The second-order valence-electron chi connectivity index (χ2n) is 5.36. The van der Waals surface area contributed by atoms with Gasteiger partial charge in [-0.1, -0.05) is 42.5 Å². The van der Waals surface area contributed by atoms with E-state index in [-0.39, 0.29) is 23.7 Å². The van der Waals surface area contributed by atoms with Crippen molar-refractivity contribution in [3.05, 3.63) is 65.7 Å². The minimum absolute atomic E-state index is 0.142. The van der Waals surface area contributed by atoms with Crippen LogP contribution >= 0.6 is 0 Å². The quantitative estimate of drug-likeness (QED) is 0.687. The predicted octanol–water partition coefficient (Wildman–Crippen LogP) is 1.10. The summed E-state index contributed by atoms with van der Waals surface area (Å²) in [4.78, 5) is 24.0. The summed E-state index contributed by atoms with van der Waals surface area (Å²) in [5.41, 5.74) is 1.25. The molecule has 0 atom stereocenters. The van der Waals surface area contributed by atoms with Crippen LogP contribution in [-0.2, 0) is 21.4 Å². The summed E-state index contributed by atoms with van der Waals surface area (Å²) in [6.07, 6.45) is 0.999. The van der Waals surface area contributed by atoms with Gasteiger partial charge in [-0.15, -0.1) is 0 Å². The van der Waals surface area contributed by atoms with Crippen LogP contribution in [0.5, 0.6) is 0 Å². The molecule has 0 spiro atoms. The maximum absolute atomic E-state index is 12.2. The first kappa shape index (κ1) is 18.5. The van der Waals surface area contributed by atoms with Crippen molar-refractivity contribution in [3.63, 3.8) is 0 Å². The predicted molar refractivity (Wildman–Crippen MR) is 95.5 cm³/mol. The average molecular weight is 361 g/mol. The Morgan fingerprint density at radius 3 is 2.24 bits per heavy atom. The molecule has 0 heterocycles. The Labute approximate surface area is 146 Å². The molecule has 0 aliphatic rings. The molecule has 25 heavy (non-hydrogen) atoms. The van der Waals surface area contributed by atoms with Crippen molar-refractivity contribution >= 4 is 27.5 Å². The molecule has 0 radical (unpaired) electrons. The van der Waals surface area contributed by atoms with Crippen LogP contribution in [-0.4, -0.2) is 33.0 Å². The fourth-order valence-corrected chi connectivity index (χ4v) is 2.66. The van der Waals surface area contributed by atoms with Crippen LogP contribution < -0.4 is 15.4 Å². The van der Waals surface area contributed by atoms with Gasteiger partial charge in [-0.2, -0.15) is 0 Å². The van der Waals surface area contributed by atoms with E-state index in [1.807, 2.05) is 30.3 Å². The Bertz CT molecular complexity index is 851. The molecule has 0 aliphatic carbocycles. The standard InChI is InChI=1S/C17H19N3O4S/c1-25(23,24)20-15-10-6-5-9-14(15)17(22)19-12-16(21)18-11-13-7-3-2-4-8-13/h2-10,20H,11-12H2,1H3,(H,18,21)(H,19,22). The zero-order valence-electron chi connectivity index (χ0n) is 13.7. The number of anilines is 1. The molecule has 2 aromatic carbocycles. The maximum Gasteiger partial charge on any atom is 0.253 e. The van der Waals surface area contributed by atoms with Crippen LogP contribution in [0, 0.1) is 0 Å². The van der Waals surface area contributed by atoms with Crippen LogP contribution in [0.2, 0.25) is 0 Å². The molecule has 2 amide bonds. The monoisotopic (exact) mass is 361 g/mol. The van der Waals surface area contributed by atoms with E-state index in [0.717, 1.165) is 11.8 Å². The summed E-state index contributed by atoms with van der Waals surface area (Å²) >= 11 is 0. The molecule has 0 fully saturated rings. The third kappa shape index (κ3) is 6.27. The zero-order chi connectivity index (χ0) is 18.3. The van der Waals surface area contributed by atoms with E-state index >= 15 is 0 Å². The van der Waals surface area contributed by atoms with Crippen LogP contribution in [0.15, 0.2) is 54.6 Å². The van der Waals surface area contributed by atoms with Crippen LogP contribution in [0.4, 0.5) is 5.69 Å². The van der Waals surface area contributed by atoms with Crippen molar-refractivity contribution in [2.24, 2.45) is 0 Å². The first-order valence-electron chi connectivity index (χ1n) is 7.51. The number of carbonyl (C=O) groups is 2. The van der Waals surface area contributed by atoms with Crippen molar-refractivity contribution < 1.29 is 18.0 Å². The van der Waals surface area contributed by atoms with Gasteiger partial charge in [0, 0.05) is 6.54 Å². The van der Waals surface area contributed by atoms with Gasteiger partial charge < -0.3 is 10.6 Å². The second kappa shape index (κ2) is 8.29. The lowest BCUT2D eigenvalue weighted by Gasteiger charge is -2.11. The summed E-state index contributed by atoms with van der Waals surface area (Å²) in [7, 11) is -3.51. The number of benzene rings is 2. The van der Waals surface area contributed by atoms with Crippen LogP contribution in [0.3, 0.4) is 0 Å². The number of nitrogens with one attached hydrogen (secondary N) is 3. The summed E-state index contributed by atoms with van der Waals surface area (Å²) in [6.45, 7) is 0.153. The minimum atomic E-state index is -3.51. The van der Waals surface area contributed by atoms with Gasteiger partial charge >= 0.3 is 0 Å². The third-order valence-corrected chi connectivity index (χ3v) is 3.80. The number of amides is 2. The second-order valence-corrected chi connectivity index (χ2v) is 7.11. The summed E-state index contributed by atoms with van der Waals surface area (Å²) < 4.78 is 25.0. The van der Waals surface area contributed by atoms with Gasteiger partial charge in [0.25, 0.3) is 5.91 Å². The lowest BCUT2D eigenvalue weighted by Crippen LogP contribution is -2.36. The topological polar surface area (TPSA) is 104 Å². The number of carbonyl (C=O) groups excluding carboxylic acids is 2. The number of rotatable bonds is 7. The zero-order valence-corrected chi connectivity index (χ0v) is 14.5. The van der Waals surface area contributed by atoms with Crippen molar-refractivity contribution in [1.29, 1.82) is 0 Å². The Balaban J connectivity index is 1.91. The lowest BCUT2D eigenvalue weighted by molar-refractivity contribution is -0.120. The van der Waals surface area contributed by atoms with Crippen LogP contribution in [0.1, 0.15) is 15.9 Å². The molecule has 3 N–H and O–H groups in total. The van der Waals surface area contributed by atoms with Gasteiger partial charge in [0.1, 0.15) is 0 Å². The molecule has 2 aromatic rings. The van der Waals surface area contributed by atoms with Crippen LogP contribution in [0.25, 0.3) is 0 Å². The Morgan fingerprint density at radius 1 is 0.920 bits per heavy atom. The van der Waals surface area contributed by atoms with Crippen molar-refractivity contribution in [2.45, 2.75) is 6.54 Å². The molecule has 0 saturated heterocycles. The molecule has 132 valence electrons.